The van der Waals surface area contributed by atoms with Crippen molar-refractivity contribution in [3.8, 4) is 17.0 Å². The van der Waals surface area contributed by atoms with Gasteiger partial charge in [-0.1, -0.05) is 0 Å². The lowest BCUT2D eigenvalue weighted by Crippen LogP contribution is -1.78. The van der Waals surface area contributed by atoms with Gasteiger partial charge in [0.1, 0.15) is 17.7 Å². The maximum Gasteiger partial charge on any atom is 0.141 e. The normalized spacial score (nSPS) is 10.8. The molecule has 1 aromatic carbocycles. The Balaban J connectivity index is 2.15. The zero-order valence-electron chi connectivity index (χ0n) is 8.38. The van der Waals surface area contributed by atoms with E-state index in [0.717, 1.165) is 22.3 Å². The highest BCUT2D eigenvalue weighted by molar-refractivity contribution is 5.82. The molecule has 0 fully saturated rings. The molecule has 0 bridgehead atoms. The largest absolute Gasteiger partial charge is 0.508 e. The molecule has 0 amide bonds. The van der Waals surface area contributed by atoms with Crippen molar-refractivity contribution < 1.29 is 5.11 Å². The van der Waals surface area contributed by atoms with E-state index in [4.69, 9.17) is 0 Å². The van der Waals surface area contributed by atoms with E-state index in [2.05, 4.69) is 15.0 Å². The standard InChI is InChI=1S/C12H9N3O/c16-10-3-1-8(2-4-10)11-5-9-6-13-7-14-12(9)15-11/h1-7,16H,(H,13,14,15). The molecule has 3 rings (SSSR count). The van der Waals surface area contributed by atoms with Crippen molar-refractivity contribution in [3.63, 3.8) is 0 Å². The molecule has 4 nitrogen and oxygen atoms in total. The van der Waals surface area contributed by atoms with E-state index in [1.54, 1.807) is 18.3 Å². The zero-order chi connectivity index (χ0) is 11.0. The van der Waals surface area contributed by atoms with Crippen LogP contribution >= 0.6 is 0 Å². The van der Waals surface area contributed by atoms with Gasteiger partial charge < -0.3 is 10.1 Å². The molecule has 0 radical (unpaired) electrons. The van der Waals surface area contributed by atoms with Gasteiger partial charge in [-0.05, 0) is 35.9 Å². The van der Waals surface area contributed by atoms with Gasteiger partial charge in [-0.2, -0.15) is 0 Å². The highest BCUT2D eigenvalue weighted by Gasteiger charge is 2.03. The summed E-state index contributed by atoms with van der Waals surface area (Å²) in [6.45, 7) is 0. The molecule has 0 unspecified atom stereocenters. The minimum Gasteiger partial charge on any atom is -0.508 e. The van der Waals surface area contributed by atoms with Crippen molar-refractivity contribution in [2.75, 3.05) is 0 Å². The van der Waals surface area contributed by atoms with Gasteiger partial charge in [0.05, 0.1) is 0 Å². The summed E-state index contributed by atoms with van der Waals surface area (Å²) >= 11 is 0. The summed E-state index contributed by atoms with van der Waals surface area (Å²) in [6, 6.07) is 9.02. The van der Waals surface area contributed by atoms with Gasteiger partial charge in [-0.25, -0.2) is 9.97 Å². The Kier molecular flexibility index (Phi) is 1.86. The Morgan fingerprint density at radius 1 is 1.12 bits per heavy atom. The summed E-state index contributed by atoms with van der Waals surface area (Å²) < 4.78 is 0. The number of fused-ring (bicyclic) bond motifs is 1. The molecule has 0 aliphatic carbocycles. The van der Waals surface area contributed by atoms with Crippen molar-refractivity contribution >= 4 is 11.0 Å². The van der Waals surface area contributed by atoms with Crippen molar-refractivity contribution in [3.05, 3.63) is 42.9 Å². The Morgan fingerprint density at radius 2 is 1.94 bits per heavy atom. The number of rotatable bonds is 1. The average molecular weight is 211 g/mol. The number of nitrogens with zero attached hydrogens (tertiary/aromatic N) is 2. The molecule has 0 aliphatic heterocycles. The molecule has 16 heavy (non-hydrogen) atoms. The maximum atomic E-state index is 9.21. The van der Waals surface area contributed by atoms with Gasteiger partial charge in [0.15, 0.2) is 0 Å². The van der Waals surface area contributed by atoms with Crippen LogP contribution in [0.15, 0.2) is 42.9 Å². The molecule has 78 valence electrons. The molecule has 2 aromatic heterocycles. The SMILES string of the molecule is Oc1ccc(-c2cc3cncnc3[nH]2)cc1. The topological polar surface area (TPSA) is 61.8 Å². The predicted octanol–water partition coefficient (Wildman–Crippen LogP) is 2.33. The molecule has 0 saturated heterocycles. The lowest BCUT2D eigenvalue weighted by atomic mass is 10.1. The van der Waals surface area contributed by atoms with E-state index in [9.17, 15) is 5.11 Å². The minimum atomic E-state index is 0.264. The first-order chi connectivity index (χ1) is 7.83. The van der Waals surface area contributed by atoms with Crippen LogP contribution in [0.25, 0.3) is 22.3 Å². The Morgan fingerprint density at radius 3 is 2.69 bits per heavy atom. The highest BCUT2D eigenvalue weighted by atomic mass is 16.3. The molecule has 0 atom stereocenters. The zero-order valence-corrected chi connectivity index (χ0v) is 8.38. The fourth-order valence-electron chi connectivity index (χ4n) is 1.67. The monoisotopic (exact) mass is 211 g/mol. The molecule has 3 aromatic rings. The Hall–Kier alpha value is -2.36. The fourth-order valence-corrected chi connectivity index (χ4v) is 1.67. The number of hydrogen-bond acceptors (Lipinski definition) is 3. The van der Waals surface area contributed by atoms with Crippen LogP contribution in [-0.2, 0) is 0 Å². The van der Waals surface area contributed by atoms with Crippen molar-refractivity contribution in [1.82, 2.24) is 15.0 Å². The summed E-state index contributed by atoms with van der Waals surface area (Å²) in [6.07, 6.45) is 3.28. The molecule has 0 saturated carbocycles. The van der Waals surface area contributed by atoms with E-state index in [1.165, 1.54) is 6.33 Å². The number of H-pyrrole nitrogens is 1. The molecule has 2 heterocycles. The van der Waals surface area contributed by atoms with E-state index in [-0.39, 0.29) is 5.75 Å². The van der Waals surface area contributed by atoms with Crippen LogP contribution in [0.1, 0.15) is 0 Å². The number of nitrogens with one attached hydrogen (secondary N) is 1. The van der Waals surface area contributed by atoms with Crippen molar-refractivity contribution in [1.29, 1.82) is 0 Å². The number of phenols is 1. The van der Waals surface area contributed by atoms with Crippen molar-refractivity contribution in [2.24, 2.45) is 0 Å². The highest BCUT2D eigenvalue weighted by Crippen LogP contribution is 2.23. The van der Waals surface area contributed by atoms with Gasteiger partial charge in [-0.3, -0.25) is 0 Å². The molecule has 2 N–H and O–H groups in total. The van der Waals surface area contributed by atoms with Crippen LogP contribution in [0.4, 0.5) is 0 Å². The van der Waals surface area contributed by atoms with Crippen LogP contribution in [0, 0.1) is 0 Å². The summed E-state index contributed by atoms with van der Waals surface area (Å²) in [5.74, 6) is 0.264. The molecule has 0 aliphatic rings. The lowest BCUT2D eigenvalue weighted by molar-refractivity contribution is 0.475. The maximum absolute atomic E-state index is 9.21. The second kappa shape index (κ2) is 3.34. The van der Waals surface area contributed by atoms with Crippen LogP contribution in [0.5, 0.6) is 5.75 Å². The number of aromatic nitrogens is 3. The fraction of sp³-hybridized carbons (Fsp3) is 0. The third-order valence-electron chi connectivity index (χ3n) is 2.47. The lowest BCUT2D eigenvalue weighted by Gasteiger charge is -1.97. The van der Waals surface area contributed by atoms with Gasteiger partial charge in [-0.15, -0.1) is 0 Å². The first kappa shape index (κ1) is 8.91. The van der Waals surface area contributed by atoms with Crippen LogP contribution in [0.3, 0.4) is 0 Å². The number of aromatic hydroxyl groups is 1. The van der Waals surface area contributed by atoms with E-state index in [1.807, 2.05) is 18.2 Å². The predicted molar refractivity (Wildman–Crippen MR) is 61.0 cm³/mol. The quantitative estimate of drug-likeness (QED) is 0.649. The second-order valence-electron chi connectivity index (χ2n) is 3.56. The smallest absolute Gasteiger partial charge is 0.141 e. The van der Waals surface area contributed by atoms with Crippen LogP contribution in [-0.4, -0.2) is 20.1 Å². The van der Waals surface area contributed by atoms with Gasteiger partial charge in [0.25, 0.3) is 0 Å². The first-order valence-corrected chi connectivity index (χ1v) is 4.91. The molecule has 0 spiro atoms. The van der Waals surface area contributed by atoms with E-state index in [0.29, 0.717) is 0 Å². The Bertz CT molecular complexity index is 595. The third-order valence-corrected chi connectivity index (χ3v) is 2.47. The van der Waals surface area contributed by atoms with Crippen LogP contribution < -0.4 is 0 Å². The summed E-state index contributed by atoms with van der Waals surface area (Å²) in [5, 5.41) is 10.2. The van der Waals surface area contributed by atoms with E-state index < -0.39 is 0 Å². The number of benzene rings is 1. The second-order valence-corrected chi connectivity index (χ2v) is 3.56. The van der Waals surface area contributed by atoms with E-state index >= 15 is 0 Å². The number of aromatic amines is 1. The molecule has 4 heteroatoms. The van der Waals surface area contributed by atoms with Gasteiger partial charge >= 0.3 is 0 Å². The van der Waals surface area contributed by atoms with Crippen molar-refractivity contribution in [2.45, 2.75) is 0 Å². The molecular formula is C12H9N3O. The Labute approximate surface area is 91.6 Å². The van der Waals surface area contributed by atoms with Gasteiger partial charge in [0, 0.05) is 17.3 Å². The minimum absolute atomic E-state index is 0.264. The number of phenolic OH excluding ortho intramolecular Hbond substituents is 1. The average Bonchev–Trinajstić information content (AvgIpc) is 2.73. The number of hydrogen-bond donors (Lipinski definition) is 2. The first-order valence-electron chi connectivity index (χ1n) is 4.91. The molecular weight excluding hydrogens is 202 g/mol. The third kappa shape index (κ3) is 1.40. The van der Waals surface area contributed by atoms with Gasteiger partial charge in [0.2, 0.25) is 0 Å². The summed E-state index contributed by atoms with van der Waals surface area (Å²) in [4.78, 5) is 11.3. The summed E-state index contributed by atoms with van der Waals surface area (Å²) in [7, 11) is 0. The summed E-state index contributed by atoms with van der Waals surface area (Å²) in [5.41, 5.74) is 2.80. The van der Waals surface area contributed by atoms with Crippen LogP contribution in [0.2, 0.25) is 0 Å².